The Morgan fingerprint density at radius 1 is 1.26 bits per heavy atom. The van der Waals surface area contributed by atoms with Crippen molar-refractivity contribution in [2.24, 2.45) is 0 Å². The average Bonchev–Trinajstić information content (AvgIpc) is 2.75. The summed E-state index contributed by atoms with van der Waals surface area (Å²) >= 11 is 4.95. The van der Waals surface area contributed by atoms with Crippen molar-refractivity contribution in [1.29, 1.82) is 0 Å². The lowest BCUT2D eigenvalue weighted by Crippen LogP contribution is -2.09. The molecular formula is C12H10BrF3N2S. The molecule has 0 aliphatic carbocycles. The number of anilines is 1. The molecule has 0 saturated carbocycles. The molecule has 0 amide bonds. The van der Waals surface area contributed by atoms with Crippen molar-refractivity contribution < 1.29 is 13.2 Å². The van der Waals surface area contributed by atoms with Crippen LogP contribution in [0.25, 0.3) is 0 Å². The van der Waals surface area contributed by atoms with Crippen LogP contribution in [0.1, 0.15) is 23.5 Å². The molecule has 0 spiro atoms. The average molecular weight is 351 g/mol. The molecule has 102 valence electrons. The van der Waals surface area contributed by atoms with Gasteiger partial charge in [-0.3, -0.25) is 0 Å². The summed E-state index contributed by atoms with van der Waals surface area (Å²) in [6.45, 7) is 1.94. The van der Waals surface area contributed by atoms with Gasteiger partial charge in [-0.1, -0.05) is 0 Å². The first-order chi connectivity index (χ1) is 8.86. The number of alkyl halides is 3. The van der Waals surface area contributed by atoms with Crippen LogP contribution in [0.2, 0.25) is 0 Å². The van der Waals surface area contributed by atoms with Crippen LogP contribution in [0, 0.1) is 0 Å². The third-order valence-electron chi connectivity index (χ3n) is 2.46. The third-order valence-corrected chi connectivity index (χ3v) is 4.26. The fourth-order valence-corrected chi connectivity index (χ4v) is 2.96. The number of nitrogens with zero attached hydrogens (tertiary/aromatic N) is 1. The molecule has 2 aromatic heterocycles. The van der Waals surface area contributed by atoms with E-state index >= 15 is 0 Å². The lowest BCUT2D eigenvalue weighted by atomic mass is 10.2. The first-order valence-electron chi connectivity index (χ1n) is 5.41. The second kappa shape index (κ2) is 5.50. The Kier molecular flexibility index (Phi) is 4.15. The van der Waals surface area contributed by atoms with Crippen molar-refractivity contribution in [1.82, 2.24) is 4.98 Å². The zero-order valence-corrected chi connectivity index (χ0v) is 12.2. The third kappa shape index (κ3) is 3.70. The predicted octanol–water partition coefficient (Wildman–Crippen LogP) is 5.10. The van der Waals surface area contributed by atoms with Crippen LogP contribution < -0.4 is 5.32 Å². The van der Waals surface area contributed by atoms with Crippen molar-refractivity contribution in [3.8, 4) is 0 Å². The SMILES string of the molecule is CC(Nc1ccc(C(F)(F)F)nc1)c1ccc(Br)s1. The smallest absolute Gasteiger partial charge is 0.376 e. The topological polar surface area (TPSA) is 24.9 Å². The van der Waals surface area contributed by atoms with E-state index in [1.807, 2.05) is 19.1 Å². The zero-order valence-electron chi connectivity index (χ0n) is 9.83. The van der Waals surface area contributed by atoms with E-state index in [2.05, 4.69) is 26.2 Å². The van der Waals surface area contributed by atoms with E-state index in [-0.39, 0.29) is 6.04 Å². The molecule has 0 radical (unpaired) electrons. The largest absolute Gasteiger partial charge is 0.433 e. The van der Waals surface area contributed by atoms with Gasteiger partial charge in [0.1, 0.15) is 5.69 Å². The van der Waals surface area contributed by atoms with E-state index in [1.165, 1.54) is 12.3 Å². The van der Waals surface area contributed by atoms with Gasteiger partial charge in [-0.2, -0.15) is 13.2 Å². The number of rotatable bonds is 3. The maximum Gasteiger partial charge on any atom is 0.433 e. The maximum atomic E-state index is 12.4. The Morgan fingerprint density at radius 3 is 2.47 bits per heavy atom. The van der Waals surface area contributed by atoms with E-state index in [1.54, 1.807) is 11.3 Å². The Bertz CT molecular complexity index is 551. The molecule has 1 atom stereocenters. The van der Waals surface area contributed by atoms with Crippen LogP contribution in [0.15, 0.2) is 34.2 Å². The van der Waals surface area contributed by atoms with Crippen molar-refractivity contribution in [2.45, 2.75) is 19.1 Å². The number of hydrogen-bond acceptors (Lipinski definition) is 3. The lowest BCUT2D eigenvalue weighted by molar-refractivity contribution is -0.141. The highest BCUT2D eigenvalue weighted by Crippen LogP contribution is 2.30. The fraction of sp³-hybridized carbons (Fsp3) is 0.250. The van der Waals surface area contributed by atoms with Crippen molar-refractivity contribution >= 4 is 33.0 Å². The number of hydrogen-bond donors (Lipinski definition) is 1. The molecule has 7 heteroatoms. The number of halogens is 4. The van der Waals surface area contributed by atoms with Gasteiger partial charge in [0.2, 0.25) is 0 Å². The van der Waals surface area contributed by atoms with Crippen LogP contribution in [0.5, 0.6) is 0 Å². The van der Waals surface area contributed by atoms with Gasteiger partial charge in [0.15, 0.2) is 0 Å². The van der Waals surface area contributed by atoms with Gasteiger partial charge in [-0.05, 0) is 47.1 Å². The molecule has 2 aromatic rings. The molecule has 1 unspecified atom stereocenters. The van der Waals surface area contributed by atoms with E-state index < -0.39 is 11.9 Å². The molecule has 0 aliphatic heterocycles. The summed E-state index contributed by atoms with van der Waals surface area (Å²) in [5.41, 5.74) is -0.324. The Balaban J connectivity index is 2.07. The quantitative estimate of drug-likeness (QED) is 0.833. The van der Waals surface area contributed by atoms with Gasteiger partial charge >= 0.3 is 6.18 Å². The standard InChI is InChI=1S/C12H10BrF3N2S/c1-7(9-3-5-11(13)19-9)18-8-2-4-10(17-6-8)12(14,15)16/h2-7,18H,1H3. The summed E-state index contributed by atoms with van der Waals surface area (Å²) in [5.74, 6) is 0. The molecule has 2 nitrogen and oxygen atoms in total. The molecule has 0 fully saturated rings. The molecule has 2 rings (SSSR count). The van der Waals surface area contributed by atoms with Crippen LogP contribution in [-0.4, -0.2) is 4.98 Å². The van der Waals surface area contributed by atoms with Gasteiger partial charge in [0.05, 0.1) is 21.7 Å². The minimum atomic E-state index is -4.40. The van der Waals surface area contributed by atoms with Crippen molar-refractivity contribution in [2.75, 3.05) is 5.32 Å². The summed E-state index contributed by atoms with van der Waals surface area (Å²) in [5, 5.41) is 3.11. The first kappa shape index (κ1) is 14.3. The molecule has 0 aromatic carbocycles. The van der Waals surface area contributed by atoms with Crippen molar-refractivity contribution in [3.05, 3.63) is 44.8 Å². The minimum absolute atomic E-state index is 0.00911. The normalized spacial score (nSPS) is 13.3. The zero-order chi connectivity index (χ0) is 14.0. The first-order valence-corrected chi connectivity index (χ1v) is 7.02. The van der Waals surface area contributed by atoms with E-state index in [9.17, 15) is 13.2 Å². The Labute approximate surface area is 120 Å². The number of aromatic nitrogens is 1. The number of thiophene rings is 1. The van der Waals surface area contributed by atoms with Crippen LogP contribution in [-0.2, 0) is 6.18 Å². The predicted molar refractivity (Wildman–Crippen MR) is 73.3 cm³/mol. The number of pyridine rings is 1. The van der Waals surface area contributed by atoms with Gasteiger partial charge < -0.3 is 5.32 Å². The molecule has 0 aliphatic rings. The maximum absolute atomic E-state index is 12.4. The number of nitrogens with one attached hydrogen (secondary N) is 1. The molecular weight excluding hydrogens is 341 g/mol. The van der Waals surface area contributed by atoms with Crippen LogP contribution >= 0.6 is 27.3 Å². The second-order valence-corrected chi connectivity index (χ2v) is 6.43. The minimum Gasteiger partial charge on any atom is -0.376 e. The summed E-state index contributed by atoms with van der Waals surface area (Å²) in [4.78, 5) is 4.50. The van der Waals surface area contributed by atoms with Crippen LogP contribution in [0.3, 0.4) is 0 Å². The van der Waals surface area contributed by atoms with Crippen molar-refractivity contribution in [3.63, 3.8) is 0 Å². The van der Waals surface area contributed by atoms with Crippen LogP contribution in [0.4, 0.5) is 18.9 Å². The highest BCUT2D eigenvalue weighted by molar-refractivity contribution is 9.11. The summed E-state index contributed by atoms with van der Waals surface area (Å²) in [6, 6.07) is 6.26. The second-order valence-electron chi connectivity index (χ2n) is 3.94. The highest BCUT2D eigenvalue weighted by Gasteiger charge is 2.32. The van der Waals surface area contributed by atoms with E-state index in [4.69, 9.17) is 0 Å². The van der Waals surface area contributed by atoms with E-state index in [0.29, 0.717) is 5.69 Å². The monoisotopic (exact) mass is 350 g/mol. The molecule has 2 heterocycles. The Hall–Kier alpha value is -1.08. The summed E-state index contributed by atoms with van der Waals surface area (Å²) < 4.78 is 38.1. The lowest BCUT2D eigenvalue weighted by Gasteiger charge is -2.14. The summed E-state index contributed by atoms with van der Waals surface area (Å²) in [6.07, 6.45) is -3.20. The molecule has 0 bridgehead atoms. The van der Waals surface area contributed by atoms with Gasteiger partial charge in [0, 0.05) is 4.88 Å². The van der Waals surface area contributed by atoms with Gasteiger partial charge in [0.25, 0.3) is 0 Å². The molecule has 19 heavy (non-hydrogen) atoms. The van der Waals surface area contributed by atoms with Gasteiger partial charge in [-0.25, -0.2) is 4.98 Å². The fourth-order valence-electron chi connectivity index (χ4n) is 1.53. The molecule has 1 N–H and O–H groups in total. The Morgan fingerprint density at radius 2 is 2.00 bits per heavy atom. The van der Waals surface area contributed by atoms with Gasteiger partial charge in [-0.15, -0.1) is 11.3 Å². The highest BCUT2D eigenvalue weighted by atomic mass is 79.9. The summed E-state index contributed by atoms with van der Waals surface area (Å²) in [7, 11) is 0. The molecule has 0 saturated heterocycles. The van der Waals surface area contributed by atoms with E-state index in [0.717, 1.165) is 14.7 Å².